The number of piperazine rings is 1. The van der Waals surface area contributed by atoms with Gasteiger partial charge in [0.25, 0.3) is 0 Å². The van der Waals surface area contributed by atoms with E-state index in [1.165, 1.54) is 71.2 Å². The highest BCUT2D eigenvalue weighted by atomic mass is 15.3. The molecular formula is C20H39N3. The highest BCUT2D eigenvalue weighted by Crippen LogP contribution is 2.35. The van der Waals surface area contributed by atoms with Gasteiger partial charge in [0, 0.05) is 50.8 Å². The second-order valence-electron chi connectivity index (χ2n) is 8.65. The average Bonchev–Trinajstić information content (AvgIpc) is 2.49. The maximum absolute atomic E-state index is 2.78. The Labute approximate surface area is 144 Å². The lowest BCUT2D eigenvalue weighted by molar-refractivity contribution is 0.00852. The van der Waals surface area contributed by atoms with E-state index < -0.39 is 0 Å². The van der Waals surface area contributed by atoms with Crippen LogP contribution < -0.4 is 0 Å². The second-order valence-corrected chi connectivity index (χ2v) is 8.65. The lowest BCUT2D eigenvalue weighted by Gasteiger charge is -2.49. The molecule has 3 fully saturated rings. The number of hydrogen-bond donors (Lipinski definition) is 0. The fourth-order valence-corrected chi connectivity index (χ4v) is 4.84. The minimum Gasteiger partial charge on any atom is -0.301 e. The minimum atomic E-state index is 0.749. The van der Waals surface area contributed by atoms with Gasteiger partial charge in [0.2, 0.25) is 0 Å². The fourth-order valence-electron chi connectivity index (χ4n) is 4.84. The van der Waals surface area contributed by atoms with Crippen LogP contribution in [0.3, 0.4) is 0 Å². The average molecular weight is 322 g/mol. The highest BCUT2D eigenvalue weighted by molar-refractivity contribution is 4.92. The summed E-state index contributed by atoms with van der Waals surface area (Å²) >= 11 is 0. The fraction of sp³-hybridized carbons (Fsp3) is 1.00. The molecule has 1 heterocycles. The second kappa shape index (κ2) is 7.84. The number of rotatable bonds is 7. The predicted octanol–water partition coefficient (Wildman–Crippen LogP) is 3.30. The van der Waals surface area contributed by atoms with Crippen LogP contribution in [0.25, 0.3) is 0 Å². The highest BCUT2D eigenvalue weighted by Gasteiger charge is 2.36. The van der Waals surface area contributed by atoms with Gasteiger partial charge in [0.15, 0.2) is 0 Å². The van der Waals surface area contributed by atoms with Crippen LogP contribution >= 0.6 is 0 Å². The molecule has 2 saturated carbocycles. The predicted molar refractivity (Wildman–Crippen MR) is 98.8 cm³/mol. The van der Waals surface area contributed by atoms with Crippen molar-refractivity contribution in [3.8, 4) is 0 Å². The molecule has 0 radical (unpaired) electrons. The molecule has 1 atom stereocenters. The summed E-state index contributed by atoms with van der Waals surface area (Å²) in [7, 11) is 2.33. The van der Waals surface area contributed by atoms with E-state index in [0.29, 0.717) is 0 Å². The van der Waals surface area contributed by atoms with Crippen molar-refractivity contribution in [2.75, 3.05) is 39.8 Å². The van der Waals surface area contributed by atoms with Crippen molar-refractivity contribution in [1.82, 2.24) is 14.7 Å². The van der Waals surface area contributed by atoms with Crippen LogP contribution in [0.4, 0.5) is 0 Å². The first kappa shape index (κ1) is 17.7. The van der Waals surface area contributed by atoms with Crippen molar-refractivity contribution >= 4 is 0 Å². The molecule has 1 saturated heterocycles. The largest absolute Gasteiger partial charge is 0.301 e. The van der Waals surface area contributed by atoms with Crippen LogP contribution in [0.5, 0.6) is 0 Å². The van der Waals surface area contributed by atoms with Crippen molar-refractivity contribution in [3.63, 3.8) is 0 Å². The minimum absolute atomic E-state index is 0.749. The van der Waals surface area contributed by atoms with Crippen LogP contribution in [0.2, 0.25) is 0 Å². The molecular weight excluding hydrogens is 282 g/mol. The molecule has 0 spiro atoms. The molecule has 3 aliphatic rings. The monoisotopic (exact) mass is 321 g/mol. The van der Waals surface area contributed by atoms with Crippen LogP contribution in [-0.4, -0.2) is 72.6 Å². The molecule has 0 aromatic heterocycles. The zero-order valence-corrected chi connectivity index (χ0v) is 16.0. The number of hydrogen-bond acceptors (Lipinski definition) is 3. The van der Waals surface area contributed by atoms with Crippen LogP contribution in [0.1, 0.15) is 59.3 Å². The van der Waals surface area contributed by atoms with Gasteiger partial charge in [-0.25, -0.2) is 0 Å². The van der Waals surface area contributed by atoms with Crippen molar-refractivity contribution < 1.29 is 0 Å². The standard InChI is InChI=1S/C20H39N3/c1-5-16(3)21(4)19-13-18(14-19)15-22-7-9-23(10-8-22)20-11-17(6-2)12-20/h16-20H,5-15H2,1-4H3. The zero-order chi connectivity index (χ0) is 16.4. The van der Waals surface area contributed by atoms with Crippen molar-refractivity contribution in [1.29, 1.82) is 0 Å². The SMILES string of the molecule is CCC1CC(N2CCN(CC3CC(N(C)C(C)CC)C3)CC2)C1. The van der Waals surface area contributed by atoms with E-state index in [-0.39, 0.29) is 0 Å². The Kier molecular flexibility index (Phi) is 6.03. The molecule has 1 unspecified atom stereocenters. The Morgan fingerprint density at radius 3 is 2.17 bits per heavy atom. The van der Waals surface area contributed by atoms with Crippen LogP contribution in [0, 0.1) is 11.8 Å². The Hall–Kier alpha value is -0.120. The van der Waals surface area contributed by atoms with Gasteiger partial charge >= 0.3 is 0 Å². The lowest BCUT2D eigenvalue weighted by Crippen LogP contribution is -2.56. The van der Waals surface area contributed by atoms with Gasteiger partial charge < -0.3 is 9.80 Å². The third-order valence-corrected chi connectivity index (χ3v) is 7.30. The van der Waals surface area contributed by atoms with Crippen molar-refractivity contribution in [3.05, 3.63) is 0 Å². The van der Waals surface area contributed by atoms with Crippen molar-refractivity contribution in [2.24, 2.45) is 11.8 Å². The van der Waals surface area contributed by atoms with Gasteiger partial charge in [-0.05, 0) is 57.9 Å². The molecule has 23 heavy (non-hydrogen) atoms. The Morgan fingerprint density at radius 2 is 1.61 bits per heavy atom. The topological polar surface area (TPSA) is 9.72 Å². The van der Waals surface area contributed by atoms with Gasteiger partial charge in [0.05, 0.1) is 0 Å². The molecule has 0 bridgehead atoms. The van der Waals surface area contributed by atoms with E-state index in [9.17, 15) is 0 Å². The molecule has 3 heteroatoms. The van der Waals surface area contributed by atoms with E-state index in [2.05, 4.69) is 42.5 Å². The van der Waals surface area contributed by atoms with Crippen LogP contribution in [0.15, 0.2) is 0 Å². The summed E-state index contributed by atoms with van der Waals surface area (Å²) in [4.78, 5) is 8.15. The molecule has 1 aliphatic heterocycles. The Balaban J connectivity index is 1.30. The number of nitrogens with zero attached hydrogens (tertiary/aromatic N) is 3. The molecule has 0 N–H and O–H groups in total. The smallest absolute Gasteiger partial charge is 0.0113 e. The van der Waals surface area contributed by atoms with Gasteiger partial charge in [-0.15, -0.1) is 0 Å². The summed E-state index contributed by atoms with van der Waals surface area (Å²) in [5.74, 6) is 2.00. The molecule has 3 nitrogen and oxygen atoms in total. The maximum Gasteiger partial charge on any atom is 0.0113 e. The van der Waals surface area contributed by atoms with E-state index >= 15 is 0 Å². The van der Waals surface area contributed by atoms with Gasteiger partial charge in [-0.1, -0.05) is 20.3 Å². The van der Waals surface area contributed by atoms with E-state index in [1.807, 2.05) is 0 Å². The Bertz CT molecular complexity index is 352. The Morgan fingerprint density at radius 1 is 0.957 bits per heavy atom. The van der Waals surface area contributed by atoms with E-state index in [0.717, 1.165) is 30.0 Å². The zero-order valence-electron chi connectivity index (χ0n) is 16.0. The molecule has 0 amide bonds. The van der Waals surface area contributed by atoms with Gasteiger partial charge in [-0.3, -0.25) is 4.90 Å². The molecule has 3 rings (SSSR count). The summed E-state index contributed by atoms with van der Waals surface area (Å²) in [6.07, 6.45) is 8.49. The first-order valence-corrected chi connectivity index (χ1v) is 10.3. The third kappa shape index (κ3) is 4.11. The third-order valence-electron chi connectivity index (χ3n) is 7.30. The first-order chi connectivity index (χ1) is 11.1. The van der Waals surface area contributed by atoms with Crippen molar-refractivity contribution in [2.45, 2.75) is 77.4 Å². The maximum atomic E-state index is 2.78. The summed E-state index contributed by atoms with van der Waals surface area (Å²) in [6.45, 7) is 13.7. The summed E-state index contributed by atoms with van der Waals surface area (Å²) in [6, 6.07) is 2.54. The van der Waals surface area contributed by atoms with Gasteiger partial charge in [0.1, 0.15) is 0 Å². The molecule has 2 aliphatic carbocycles. The first-order valence-electron chi connectivity index (χ1n) is 10.3. The normalized spacial score (nSPS) is 37.4. The molecule has 0 aromatic rings. The molecule has 0 aromatic carbocycles. The quantitative estimate of drug-likeness (QED) is 0.712. The van der Waals surface area contributed by atoms with Gasteiger partial charge in [-0.2, -0.15) is 0 Å². The summed E-state index contributed by atoms with van der Waals surface area (Å²) in [5.41, 5.74) is 0. The van der Waals surface area contributed by atoms with E-state index in [4.69, 9.17) is 0 Å². The van der Waals surface area contributed by atoms with Crippen LogP contribution in [-0.2, 0) is 0 Å². The molecule has 134 valence electrons. The lowest BCUT2D eigenvalue weighted by atomic mass is 9.77. The summed E-state index contributed by atoms with van der Waals surface area (Å²) < 4.78 is 0. The van der Waals surface area contributed by atoms with E-state index in [1.54, 1.807) is 0 Å². The summed E-state index contributed by atoms with van der Waals surface area (Å²) in [5, 5.41) is 0.